The summed E-state index contributed by atoms with van der Waals surface area (Å²) in [5.41, 5.74) is 3.32. The first-order valence-corrected chi connectivity index (χ1v) is 7.53. The second-order valence-electron chi connectivity index (χ2n) is 4.92. The highest BCUT2D eigenvalue weighted by Gasteiger charge is 2.13. The van der Waals surface area contributed by atoms with Crippen LogP contribution < -0.4 is 0 Å². The van der Waals surface area contributed by atoms with Gasteiger partial charge in [-0.2, -0.15) is 0 Å². The number of hydrogen-bond acceptors (Lipinski definition) is 2. The van der Waals surface area contributed by atoms with Crippen LogP contribution in [0.15, 0.2) is 34.8 Å². The van der Waals surface area contributed by atoms with Gasteiger partial charge in [-0.15, -0.1) is 0 Å². The van der Waals surface area contributed by atoms with Crippen LogP contribution in [0.4, 0.5) is 4.39 Å². The number of hydrogen-bond donors (Lipinski definition) is 0. The molecule has 0 amide bonds. The minimum absolute atomic E-state index is 0.317. The highest BCUT2D eigenvalue weighted by Crippen LogP contribution is 2.30. The van der Waals surface area contributed by atoms with Gasteiger partial charge in [0.25, 0.3) is 0 Å². The third-order valence-corrected chi connectivity index (χ3v) is 4.10. The largest absolute Gasteiger partial charge is 0.228 e. The Morgan fingerprint density at radius 2 is 1.81 bits per heavy atom. The second kappa shape index (κ2) is 5.35. The van der Waals surface area contributed by atoms with Gasteiger partial charge in [0.05, 0.1) is 5.52 Å². The van der Waals surface area contributed by atoms with Crippen molar-refractivity contribution in [2.75, 3.05) is 0 Å². The predicted octanol–water partition coefficient (Wildman–Crippen LogP) is 5.47. The number of fused-ring (bicyclic) bond motifs is 1. The number of halogens is 3. The number of benzene rings is 2. The molecule has 0 atom stereocenters. The van der Waals surface area contributed by atoms with E-state index in [0.29, 0.717) is 16.5 Å². The zero-order valence-corrected chi connectivity index (χ0v) is 13.8. The molecule has 0 radical (unpaired) electrons. The van der Waals surface area contributed by atoms with Gasteiger partial charge in [-0.25, -0.2) is 14.4 Å². The topological polar surface area (TPSA) is 25.8 Å². The Balaban J connectivity index is 2.33. The molecule has 0 saturated carbocycles. The minimum atomic E-state index is -0.317. The third-order valence-electron chi connectivity index (χ3n) is 3.35. The average Bonchev–Trinajstić information content (AvgIpc) is 2.42. The quantitative estimate of drug-likeness (QED) is 0.534. The van der Waals surface area contributed by atoms with Gasteiger partial charge in [0, 0.05) is 15.4 Å². The van der Waals surface area contributed by atoms with E-state index in [-0.39, 0.29) is 5.82 Å². The lowest BCUT2D eigenvalue weighted by atomic mass is 10.1. The maximum atomic E-state index is 13.5. The molecule has 0 fully saturated rings. The number of nitrogens with zero attached hydrogens (tertiary/aromatic N) is 2. The Kier molecular flexibility index (Phi) is 3.68. The van der Waals surface area contributed by atoms with Crippen LogP contribution in [0.2, 0.25) is 5.15 Å². The molecular weight excluding hydrogens is 355 g/mol. The van der Waals surface area contributed by atoms with E-state index < -0.39 is 0 Å². The first kappa shape index (κ1) is 14.4. The van der Waals surface area contributed by atoms with Crippen molar-refractivity contribution in [1.29, 1.82) is 0 Å². The Hall–Kier alpha value is -1.52. The van der Waals surface area contributed by atoms with Gasteiger partial charge in [0.2, 0.25) is 0 Å². The van der Waals surface area contributed by atoms with Crippen molar-refractivity contribution >= 4 is 38.4 Å². The molecule has 0 aliphatic carbocycles. The van der Waals surface area contributed by atoms with E-state index in [1.54, 1.807) is 6.07 Å². The number of aromatic nitrogens is 2. The van der Waals surface area contributed by atoms with Gasteiger partial charge >= 0.3 is 0 Å². The average molecular weight is 366 g/mol. The van der Waals surface area contributed by atoms with Crippen molar-refractivity contribution < 1.29 is 4.39 Å². The summed E-state index contributed by atoms with van der Waals surface area (Å²) in [4.78, 5) is 8.89. The molecule has 0 aliphatic rings. The Labute approximate surface area is 135 Å². The molecule has 1 heterocycles. The van der Waals surface area contributed by atoms with E-state index >= 15 is 0 Å². The molecule has 2 nitrogen and oxygen atoms in total. The van der Waals surface area contributed by atoms with E-state index in [1.807, 2.05) is 26.0 Å². The Morgan fingerprint density at radius 3 is 2.57 bits per heavy atom. The highest BCUT2D eigenvalue weighted by molar-refractivity contribution is 9.10. The molecule has 5 heteroatoms. The summed E-state index contributed by atoms with van der Waals surface area (Å²) in [5, 5.41) is 1.14. The normalized spacial score (nSPS) is 11.1. The predicted molar refractivity (Wildman–Crippen MR) is 87.1 cm³/mol. The fourth-order valence-electron chi connectivity index (χ4n) is 2.28. The fourth-order valence-corrected chi connectivity index (χ4v) is 3.08. The number of rotatable bonds is 1. The molecule has 21 heavy (non-hydrogen) atoms. The van der Waals surface area contributed by atoms with E-state index in [0.717, 1.165) is 26.5 Å². The fraction of sp³-hybridized carbons (Fsp3) is 0.125. The molecule has 3 rings (SSSR count). The zero-order valence-electron chi connectivity index (χ0n) is 11.4. The summed E-state index contributed by atoms with van der Waals surface area (Å²) in [7, 11) is 0. The SMILES string of the molecule is Cc1ccc(F)cc1-c1nc(Cl)c2cc(Br)cc(C)c2n1. The third kappa shape index (κ3) is 2.65. The van der Waals surface area contributed by atoms with Crippen LogP contribution in [-0.4, -0.2) is 9.97 Å². The van der Waals surface area contributed by atoms with Crippen molar-refractivity contribution in [2.45, 2.75) is 13.8 Å². The van der Waals surface area contributed by atoms with Crippen molar-refractivity contribution in [3.05, 3.63) is 56.9 Å². The van der Waals surface area contributed by atoms with Gasteiger partial charge in [-0.3, -0.25) is 0 Å². The van der Waals surface area contributed by atoms with Crippen LogP contribution in [0.25, 0.3) is 22.3 Å². The molecule has 1 aromatic heterocycles. The smallest absolute Gasteiger partial charge is 0.161 e. The Morgan fingerprint density at radius 1 is 1.05 bits per heavy atom. The van der Waals surface area contributed by atoms with E-state index in [2.05, 4.69) is 25.9 Å². The standard InChI is InChI=1S/C16H11BrClFN2/c1-8-3-4-11(19)7-12(8)16-20-14-9(2)5-10(17)6-13(14)15(18)21-16/h3-7H,1-2H3. The zero-order chi connectivity index (χ0) is 15.1. The first-order valence-electron chi connectivity index (χ1n) is 6.35. The second-order valence-corrected chi connectivity index (χ2v) is 6.19. The first-order chi connectivity index (χ1) is 9.95. The lowest BCUT2D eigenvalue weighted by Crippen LogP contribution is -1.96. The van der Waals surface area contributed by atoms with Crippen molar-refractivity contribution in [3.8, 4) is 11.4 Å². The molecule has 0 spiro atoms. The molecule has 0 N–H and O–H groups in total. The molecule has 0 unspecified atom stereocenters. The molecule has 2 aromatic carbocycles. The van der Waals surface area contributed by atoms with Gasteiger partial charge in [0.15, 0.2) is 5.82 Å². The minimum Gasteiger partial charge on any atom is -0.228 e. The monoisotopic (exact) mass is 364 g/mol. The maximum absolute atomic E-state index is 13.5. The molecule has 3 aromatic rings. The van der Waals surface area contributed by atoms with Gasteiger partial charge in [-0.1, -0.05) is 33.6 Å². The van der Waals surface area contributed by atoms with E-state index in [9.17, 15) is 4.39 Å². The van der Waals surface area contributed by atoms with Crippen LogP contribution in [0.5, 0.6) is 0 Å². The summed E-state index contributed by atoms with van der Waals surface area (Å²) < 4.78 is 14.4. The van der Waals surface area contributed by atoms with Crippen molar-refractivity contribution in [2.24, 2.45) is 0 Å². The number of aryl methyl sites for hydroxylation is 2. The summed E-state index contributed by atoms with van der Waals surface area (Å²) >= 11 is 9.72. The van der Waals surface area contributed by atoms with E-state index in [4.69, 9.17) is 11.6 Å². The lowest BCUT2D eigenvalue weighted by molar-refractivity contribution is 0.628. The molecule has 106 valence electrons. The summed E-state index contributed by atoms with van der Waals surface area (Å²) in [6.45, 7) is 3.85. The van der Waals surface area contributed by atoms with Crippen LogP contribution in [0.3, 0.4) is 0 Å². The molecular formula is C16H11BrClFN2. The Bertz CT molecular complexity index is 865. The molecule has 0 saturated heterocycles. The van der Waals surface area contributed by atoms with Gasteiger partial charge in [0.1, 0.15) is 11.0 Å². The van der Waals surface area contributed by atoms with Crippen LogP contribution >= 0.6 is 27.5 Å². The van der Waals surface area contributed by atoms with Crippen LogP contribution in [0, 0.1) is 19.7 Å². The lowest BCUT2D eigenvalue weighted by Gasteiger charge is -2.09. The molecule has 0 aliphatic heterocycles. The summed E-state index contributed by atoms with van der Waals surface area (Å²) in [5.74, 6) is 0.123. The van der Waals surface area contributed by atoms with Crippen molar-refractivity contribution in [1.82, 2.24) is 9.97 Å². The van der Waals surface area contributed by atoms with Crippen LogP contribution in [-0.2, 0) is 0 Å². The van der Waals surface area contributed by atoms with Gasteiger partial charge in [-0.05, 0) is 49.2 Å². The van der Waals surface area contributed by atoms with E-state index in [1.165, 1.54) is 12.1 Å². The highest BCUT2D eigenvalue weighted by atomic mass is 79.9. The maximum Gasteiger partial charge on any atom is 0.161 e. The van der Waals surface area contributed by atoms with Gasteiger partial charge < -0.3 is 0 Å². The van der Waals surface area contributed by atoms with Crippen LogP contribution in [0.1, 0.15) is 11.1 Å². The van der Waals surface area contributed by atoms with Crippen molar-refractivity contribution in [3.63, 3.8) is 0 Å². The summed E-state index contributed by atoms with van der Waals surface area (Å²) in [6.07, 6.45) is 0. The molecule has 0 bridgehead atoms. The summed E-state index contributed by atoms with van der Waals surface area (Å²) in [6, 6.07) is 8.41.